The van der Waals surface area contributed by atoms with E-state index in [9.17, 15) is 9.90 Å². The highest BCUT2D eigenvalue weighted by Gasteiger charge is 2.54. The van der Waals surface area contributed by atoms with Crippen molar-refractivity contribution in [3.8, 4) is 5.75 Å². The number of amides is 1. The van der Waals surface area contributed by atoms with Gasteiger partial charge in [-0.2, -0.15) is 0 Å². The van der Waals surface area contributed by atoms with Crippen LogP contribution in [-0.2, 0) is 16.0 Å². The lowest BCUT2D eigenvalue weighted by molar-refractivity contribution is -0.130. The summed E-state index contributed by atoms with van der Waals surface area (Å²) in [6.45, 7) is 0.653. The second-order valence-corrected chi connectivity index (χ2v) is 12.9. The molecule has 1 saturated carbocycles. The third-order valence-electron chi connectivity index (χ3n) is 7.97. The number of benzene rings is 3. The smallest absolute Gasteiger partial charge is 0.252 e. The standard InChI is InChI=1S/C33H36Br2N2O5/c34-25-13-9-23(10-14-25)21-33(31(39)36-22-32(40)17-4-1-5-18-32)29(27-7-2-3-8-28(27)35)42-30(37-33)24-11-15-26(16-12-24)41-20-6-19-38/h2-3,7-16,29,38,40H,1,4-6,17-22H2,(H,36,39)/t29-,33-/m1/s1. The Balaban J connectivity index is 1.54. The van der Waals surface area contributed by atoms with Gasteiger partial charge in [0.25, 0.3) is 5.91 Å². The summed E-state index contributed by atoms with van der Waals surface area (Å²) in [4.78, 5) is 19.5. The molecule has 0 bridgehead atoms. The normalized spacial score (nSPS) is 21.3. The fraction of sp³-hybridized carbons (Fsp3) is 0.394. The van der Waals surface area contributed by atoms with Crippen LogP contribution in [0.1, 0.15) is 61.3 Å². The summed E-state index contributed by atoms with van der Waals surface area (Å²) in [6, 6.07) is 23.0. The first-order valence-corrected chi connectivity index (χ1v) is 16.0. The Labute approximate surface area is 263 Å². The molecule has 1 fully saturated rings. The van der Waals surface area contributed by atoms with Crippen molar-refractivity contribution >= 4 is 43.7 Å². The van der Waals surface area contributed by atoms with Gasteiger partial charge in [-0.05, 0) is 60.9 Å². The molecule has 7 nitrogen and oxygen atoms in total. The number of nitrogens with one attached hydrogen (secondary N) is 1. The van der Waals surface area contributed by atoms with Crippen molar-refractivity contribution < 1.29 is 24.5 Å². The van der Waals surface area contributed by atoms with Crippen molar-refractivity contribution in [3.63, 3.8) is 0 Å². The molecule has 0 unspecified atom stereocenters. The highest BCUT2D eigenvalue weighted by Crippen LogP contribution is 2.45. The van der Waals surface area contributed by atoms with Gasteiger partial charge in [-0.3, -0.25) is 4.79 Å². The molecule has 1 amide bonds. The van der Waals surface area contributed by atoms with Gasteiger partial charge in [-0.1, -0.05) is 81.5 Å². The molecule has 5 rings (SSSR count). The summed E-state index contributed by atoms with van der Waals surface area (Å²) >= 11 is 7.20. The first-order chi connectivity index (χ1) is 20.3. The van der Waals surface area contributed by atoms with Crippen LogP contribution in [0, 0.1) is 0 Å². The number of aliphatic imine (C=N–C) groups is 1. The molecule has 1 aliphatic heterocycles. The molecule has 3 N–H and O–H groups in total. The van der Waals surface area contributed by atoms with E-state index in [1.54, 1.807) is 0 Å². The highest BCUT2D eigenvalue weighted by molar-refractivity contribution is 9.10. The molecule has 2 aliphatic rings. The van der Waals surface area contributed by atoms with Crippen LogP contribution in [0.2, 0.25) is 0 Å². The first kappa shape index (κ1) is 30.7. The predicted molar refractivity (Wildman–Crippen MR) is 170 cm³/mol. The summed E-state index contributed by atoms with van der Waals surface area (Å²) in [6.07, 6.45) is 4.43. The quantitative estimate of drug-likeness (QED) is 0.205. The van der Waals surface area contributed by atoms with E-state index in [0.29, 0.717) is 43.9 Å². The Kier molecular flexibility index (Phi) is 10.0. The molecular formula is C33H36Br2N2O5. The van der Waals surface area contributed by atoms with Gasteiger partial charge in [0.1, 0.15) is 5.75 Å². The SMILES string of the molecule is O=C(NCC1(O)CCCCC1)[C@]1(Cc2ccc(Br)cc2)N=C(c2ccc(OCCCO)cc2)O[C@@H]1c1ccccc1Br. The molecule has 9 heteroatoms. The second kappa shape index (κ2) is 13.7. The molecule has 0 aromatic heterocycles. The minimum absolute atomic E-state index is 0.0685. The second-order valence-electron chi connectivity index (χ2n) is 11.1. The summed E-state index contributed by atoms with van der Waals surface area (Å²) in [7, 11) is 0. The largest absolute Gasteiger partial charge is 0.494 e. The van der Waals surface area contributed by atoms with Crippen LogP contribution < -0.4 is 10.1 Å². The average molecular weight is 700 g/mol. The summed E-state index contributed by atoms with van der Waals surface area (Å²) in [5.41, 5.74) is 0.201. The maximum atomic E-state index is 14.4. The van der Waals surface area contributed by atoms with Crippen LogP contribution in [0.5, 0.6) is 5.75 Å². The Bertz CT molecular complexity index is 1390. The fourth-order valence-electron chi connectivity index (χ4n) is 5.64. The van der Waals surface area contributed by atoms with Crippen molar-refractivity contribution in [1.82, 2.24) is 5.32 Å². The molecule has 3 aromatic rings. The molecule has 0 radical (unpaired) electrons. The number of nitrogens with zero attached hydrogens (tertiary/aromatic N) is 1. The molecular weight excluding hydrogens is 664 g/mol. The molecule has 42 heavy (non-hydrogen) atoms. The molecule has 2 atom stereocenters. The van der Waals surface area contributed by atoms with Gasteiger partial charge in [-0.25, -0.2) is 4.99 Å². The van der Waals surface area contributed by atoms with Crippen LogP contribution in [-0.4, -0.2) is 52.9 Å². The maximum Gasteiger partial charge on any atom is 0.252 e. The maximum absolute atomic E-state index is 14.4. The van der Waals surface area contributed by atoms with E-state index in [-0.39, 0.29) is 19.1 Å². The van der Waals surface area contributed by atoms with Crippen LogP contribution >= 0.6 is 31.9 Å². The van der Waals surface area contributed by atoms with Crippen molar-refractivity contribution in [2.75, 3.05) is 19.8 Å². The van der Waals surface area contributed by atoms with Crippen molar-refractivity contribution in [1.29, 1.82) is 0 Å². The van der Waals surface area contributed by atoms with Gasteiger partial charge in [0, 0.05) is 46.1 Å². The molecule has 0 saturated heterocycles. The van der Waals surface area contributed by atoms with Gasteiger partial charge >= 0.3 is 0 Å². The molecule has 0 spiro atoms. The van der Waals surface area contributed by atoms with Gasteiger partial charge in [0.2, 0.25) is 5.90 Å². The Morgan fingerprint density at radius 2 is 1.71 bits per heavy atom. The van der Waals surface area contributed by atoms with Crippen molar-refractivity contribution in [3.05, 3.63) is 98.4 Å². The van der Waals surface area contributed by atoms with Gasteiger partial charge in [0.05, 0.1) is 12.2 Å². The van der Waals surface area contributed by atoms with Crippen LogP contribution in [0.3, 0.4) is 0 Å². The number of hydrogen-bond acceptors (Lipinski definition) is 6. The zero-order valence-electron chi connectivity index (χ0n) is 23.4. The number of halogens is 2. The Morgan fingerprint density at radius 3 is 2.40 bits per heavy atom. The molecule has 3 aromatic carbocycles. The van der Waals surface area contributed by atoms with Crippen molar-refractivity contribution in [2.45, 2.75) is 62.2 Å². The van der Waals surface area contributed by atoms with Gasteiger partial charge in [0.15, 0.2) is 11.6 Å². The van der Waals surface area contributed by atoms with E-state index in [4.69, 9.17) is 19.6 Å². The number of hydrogen-bond donors (Lipinski definition) is 3. The topological polar surface area (TPSA) is 100 Å². The molecule has 222 valence electrons. The third kappa shape index (κ3) is 7.08. The zero-order valence-corrected chi connectivity index (χ0v) is 26.6. The van der Waals surface area contributed by atoms with E-state index in [2.05, 4.69) is 37.2 Å². The van der Waals surface area contributed by atoms with Gasteiger partial charge in [-0.15, -0.1) is 0 Å². The summed E-state index contributed by atoms with van der Waals surface area (Å²) in [5.74, 6) is 0.748. The monoisotopic (exact) mass is 698 g/mol. The Morgan fingerprint density at radius 1 is 1.00 bits per heavy atom. The lowest BCUT2D eigenvalue weighted by Crippen LogP contribution is -2.54. The highest BCUT2D eigenvalue weighted by atomic mass is 79.9. The zero-order chi connectivity index (χ0) is 29.6. The first-order valence-electron chi connectivity index (χ1n) is 14.4. The summed E-state index contributed by atoms with van der Waals surface area (Å²) in [5, 5.41) is 23.3. The fourth-order valence-corrected chi connectivity index (χ4v) is 6.40. The lowest BCUT2D eigenvalue weighted by atomic mass is 9.81. The number of carbonyl (C=O) groups excluding carboxylic acids is 1. The number of aliphatic hydroxyl groups is 2. The van der Waals surface area contributed by atoms with E-state index in [0.717, 1.165) is 44.9 Å². The average Bonchev–Trinajstić information content (AvgIpc) is 3.38. The van der Waals surface area contributed by atoms with Gasteiger partial charge < -0.3 is 25.0 Å². The number of ether oxygens (including phenoxy) is 2. The summed E-state index contributed by atoms with van der Waals surface area (Å²) < 4.78 is 14.1. The number of carbonyl (C=O) groups is 1. The Hall–Kier alpha value is -2.72. The minimum Gasteiger partial charge on any atom is -0.494 e. The predicted octanol–water partition coefficient (Wildman–Crippen LogP) is 6.28. The van der Waals surface area contributed by atoms with E-state index in [1.165, 1.54) is 0 Å². The lowest BCUT2D eigenvalue weighted by Gasteiger charge is -2.35. The minimum atomic E-state index is -1.34. The van der Waals surface area contributed by atoms with E-state index < -0.39 is 17.2 Å². The van der Waals surface area contributed by atoms with E-state index >= 15 is 0 Å². The molecule has 1 aliphatic carbocycles. The van der Waals surface area contributed by atoms with E-state index in [1.807, 2.05) is 72.8 Å². The molecule has 1 heterocycles. The third-order valence-corrected chi connectivity index (χ3v) is 9.22. The number of rotatable bonds is 11. The van der Waals surface area contributed by atoms with Crippen LogP contribution in [0.15, 0.2) is 86.7 Å². The van der Waals surface area contributed by atoms with Crippen LogP contribution in [0.4, 0.5) is 0 Å². The number of aliphatic hydroxyl groups excluding tert-OH is 1. The van der Waals surface area contributed by atoms with Crippen LogP contribution in [0.25, 0.3) is 0 Å². The van der Waals surface area contributed by atoms with Crippen molar-refractivity contribution in [2.24, 2.45) is 4.99 Å².